The fourth-order valence-corrected chi connectivity index (χ4v) is 2.25. The summed E-state index contributed by atoms with van der Waals surface area (Å²) in [6.45, 7) is 5.45. The third-order valence-electron chi connectivity index (χ3n) is 3.50. The largest absolute Gasteiger partial charge is 0.344 e. The molecule has 0 aliphatic carbocycles. The van der Waals surface area contributed by atoms with Crippen LogP contribution < -0.4 is 16.4 Å². The van der Waals surface area contributed by atoms with Crippen molar-refractivity contribution in [1.82, 2.24) is 10.6 Å². The van der Waals surface area contributed by atoms with Crippen LogP contribution in [0.25, 0.3) is 0 Å². The average Bonchev–Trinajstić information content (AvgIpc) is 2.53. The van der Waals surface area contributed by atoms with Crippen LogP contribution in [0.15, 0.2) is 30.3 Å². The lowest BCUT2D eigenvalue weighted by Gasteiger charge is -2.23. The Balaban J connectivity index is 2.73. The summed E-state index contributed by atoms with van der Waals surface area (Å²) in [5, 5.41) is 5.28. The van der Waals surface area contributed by atoms with E-state index >= 15 is 0 Å². The summed E-state index contributed by atoms with van der Waals surface area (Å²) in [6.07, 6.45) is 2.66. The highest BCUT2D eigenvalue weighted by atomic mass is 16.2. The van der Waals surface area contributed by atoms with Crippen LogP contribution in [0.2, 0.25) is 0 Å². The molecule has 1 radical (unpaired) electrons. The Morgan fingerprint density at radius 1 is 1.08 bits per heavy atom. The Kier molecular flexibility index (Phi) is 8.12. The molecule has 2 amide bonds. The number of amides is 2. The summed E-state index contributed by atoms with van der Waals surface area (Å²) < 4.78 is 0. The van der Waals surface area contributed by atoms with Gasteiger partial charge in [-0.15, -0.1) is 0 Å². The van der Waals surface area contributed by atoms with Gasteiger partial charge in [0.05, 0.1) is 12.1 Å². The molecule has 6 heteroatoms. The third kappa shape index (κ3) is 6.91. The zero-order valence-electron chi connectivity index (χ0n) is 14.4. The van der Waals surface area contributed by atoms with E-state index in [4.69, 9.17) is 5.73 Å². The minimum absolute atomic E-state index is 0.196. The van der Waals surface area contributed by atoms with Gasteiger partial charge in [-0.3, -0.25) is 14.4 Å². The van der Waals surface area contributed by atoms with Gasteiger partial charge in [0.25, 0.3) is 0 Å². The number of benzene rings is 1. The van der Waals surface area contributed by atoms with Crippen molar-refractivity contribution in [1.29, 1.82) is 0 Å². The van der Waals surface area contributed by atoms with Gasteiger partial charge in [0.1, 0.15) is 6.04 Å². The molecule has 0 saturated carbocycles. The van der Waals surface area contributed by atoms with Crippen LogP contribution in [0.5, 0.6) is 0 Å². The first kappa shape index (κ1) is 19.8. The Bertz CT molecular complexity index is 544. The van der Waals surface area contributed by atoms with Crippen molar-refractivity contribution in [3.05, 3.63) is 35.9 Å². The molecule has 4 N–H and O–H groups in total. The number of hydrogen-bond donors (Lipinski definition) is 3. The molecule has 0 fully saturated rings. The standard InChI is InChI=1S/C18H26N3O3/c1-12(2)9-16(21-17(23)13(3)19)18(24)20-15(11-22)10-14-7-5-4-6-8-14/h4-8,12-13,15-16H,9-10,19H2,1-3H3,(H,20,24)(H,21,23)/t13-,15-,16-/m0/s1. The van der Waals surface area contributed by atoms with Crippen LogP contribution in [0, 0.1) is 5.92 Å². The monoisotopic (exact) mass is 332 g/mol. The lowest BCUT2D eigenvalue weighted by Crippen LogP contribution is -2.53. The second-order valence-corrected chi connectivity index (χ2v) is 6.35. The predicted molar refractivity (Wildman–Crippen MR) is 92.8 cm³/mol. The molecular formula is C18H26N3O3. The van der Waals surface area contributed by atoms with Crippen LogP contribution in [-0.4, -0.2) is 36.2 Å². The van der Waals surface area contributed by atoms with Crippen LogP contribution >= 0.6 is 0 Å². The smallest absolute Gasteiger partial charge is 0.243 e. The zero-order chi connectivity index (χ0) is 18.1. The van der Waals surface area contributed by atoms with Gasteiger partial charge in [-0.1, -0.05) is 44.2 Å². The SMILES string of the molecule is CC(C)C[C@H](NC(=O)[C@H](C)N)C(=O)N[C@H]([C]=O)Cc1ccccc1. The average molecular weight is 332 g/mol. The molecular weight excluding hydrogens is 306 g/mol. The Morgan fingerprint density at radius 3 is 2.21 bits per heavy atom. The number of carbonyl (C=O) groups excluding carboxylic acids is 3. The molecule has 131 valence electrons. The normalized spacial score (nSPS) is 14.5. The van der Waals surface area contributed by atoms with E-state index < -0.39 is 29.9 Å². The minimum atomic E-state index is -0.762. The molecule has 1 aromatic rings. The van der Waals surface area contributed by atoms with Gasteiger partial charge in [-0.25, -0.2) is 0 Å². The molecule has 0 saturated heterocycles. The van der Waals surface area contributed by atoms with Gasteiger partial charge in [-0.2, -0.15) is 0 Å². The first-order chi connectivity index (χ1) is 11.3. The summed E-state index contributed by atoms with van der Waals surface area (Å²) in [5.41, 5.74) is 6.46. The van der Waals surface area contributed by atoms with Gasteiger partial charge in [-0.05, 0) is 24.8 Å². The molecule has 1 aromatic carbocycles. The molecule has 0 aliphatic rings. The summed E-state index contributed by atoms with van der Waals surface area (Å²) in [7, 11) is 0. The maximum absolute atomic E-state index is 12.5. The molecule has 1 rings (SSSR count). The third-order valence-corrected chi connectivity index (χ3v) is 3.50. The number of carbonyl (C=O) groups is 2. The molecule has 0 bridgehead atoms. The summed E-state index contributed by atoms with van der Waals surface area (Å²) >= 11 is 0. The van der Waals surface area contributed by atoms with Crippen LogP contribution in [-0.2, 0) is 20.8 Å². The molecule has 0 aromatic heterocycles. The molecule has 0 spiro atoms. The Morgan fingerprint density at radius 2 is 1.71 bits per heavy atom. The van der Waals surface area contributed by atoms with E-state index in [0.717, 1.165) is 5.56 Å². The van der Waals surface area contributed by atoms with Crippen molar-refractivity contribution >= 4 is 18.1 Å². The summed E-state index contributed by atoms with van der Waals surface area (Å²) in [4.78, 5) is 35.4. The van der Waals surface area contributed by atoms with E-state index in [-0.39, 0.29) is 5.92 Å². The fourth-order valence-electron chi connectivity index (χ4n) is 2.25. The molecule has 24 heavy (non-hydrogen) atoms. The molecule has 0 heterocycles. The minimum Gasteiger partial charge on any atom is -0.344 e. The predicted octanol–water partition coefficient (Wildman–Crippen LogP) is 0.702. The van der Waals surface area contributed by atoms with Gasteiger partial charge >= 0.3 is 0 Å². The quantitative estimate of drug-likeness (QED) is 0.619. The van der Waals surface area contributed by atoms with E-state index in [1.807, 2.05) is 50.5 Å². The molecule has 3 atom stereocenters. The molecule has 0 aliphatic heterocycles. The van der Waals surface area contributed by atoms with Gasteiger partial charge in [0, 0.05) is 6.42 Å². The Hall–Kier alpha value is -2.21. The number of nitrogens with two attached hydrogens (primary N) is 1. The van der Waals surface area contributed by atoms with Gasteiger partial charge in [0.15, 0.2) is 0 Å². The van der Waals surface area contributed by atoms with E-state index in [1.54, 1.807) is 6.92 Å². The highest BCUT2D eigenvalue weighted by Gasteiger charge is 2.25. The highest BCUT2D eigenvalue weighted by Crippen LogP contribution is 2.07. The van der Waals surface area contributed by atoms with Gasteiger partial charge in [0.2, 0.25) is 18.1 Å². The van der Waals surface area contributed by atoms with E-state index in [0.29, 0.717) is 12.8 Å². The van der Waals surface area contributed by atoms with Crippen LogP contribution in [0.1, 0.15) is 32.8 Å². The van der Waals surface area contributed by atoms with Crippen molar-refractivity contribution in [2.24, 2.45) is 11.7 Å². The van der Waals surface area contributed by atoms with Crippen molar-refractivity contribution in [2.75, 3.05) is 0 Å². The second-order valence-electron chi connectivity index (χ2n) is 6.35. The van der Waals surface area contributed by atoms with E-state index in [9.17, 15) is 14.4 Å². The topological polar surface area (TPSA) is 101 Å². The van der Waals surface area contributed by atoms with Crippen molar-refractivity contribution < 1.29 is 14.4 Å². The first-order valence-corrected chi connectivity index (χ1v) is 8.11. The Labute approximate surface area is 143 Å². The maximum Gasteiger partial charge on any atom is 0.243 e. The first-order valence-electron chi connectivity index (χ1n) is 8.11. The van der Waals surface area contributed by atoms with Crippen LogP contribution in [0.4, 0.5) is 0 Å². The summed E-state index contributed by atoms with van der Waals surface area (Å²) in [5.74, 6) is -0.602. The van der Waals surface area contributed by atoms with E-state index in [1.165, 1.54) is 0 Å². The fraction of sp³-hybridized carbons (Fsp3) is 0.500. The lowest BCUT2D eigenvalue weighted by molar-refractivity contribution is -0.130. The van der Waals surface area contributed by atoms with Crippen LogP contribution in [0.3, 0.4) is 0 Å². The number of hydrogen-bond acceptors (Lipinski definition) is 4. The summed E-state index contributed by atoms with van der Waals surface area (Å²) in [6, 6.07) is 7.17. The molecule has 6 nitrogen and oxygen atoms in total. The maximum atomic E-state index is 12.5. The van der Waals surface area contributed by atoms with Crippen molar-refractivity contribution in [3.8, 4) is 0 Å². The van der Waals surface area contributed by atoms with Crippen molar-refractivity contribution in [3.63, 3.8) is 0 Å². The van der Waals surface area contributed by atoms with E-state index in [2.05, 4.69) is 10.6 Å². The number of rotatable bonds is 9. The zero-order valence-corrected chi connectivity index (χ0v) is 14.4. The second kappa shape index (κ2) is 9.82. The number of nitrogens with one attached hydrogen (secondary N) is 2. The van der Waals surface area contributed by atoms with Gasteiger partial charge < -0.3 is 16.4 Å². The molecule has 0 unspecified atom stereocenters. The highest BCUT2D eigenvalue weighted by molar-refractivity contribution is 5.90. The lowest BCUT2D eigenvalue weighted by atomic mass is 10.0. The van der Waals surface area contributed by atoms with Crippen molar-refractivity contribution in [2.45, 2.75) is 51.7 Å².